The molecule has 0 saturated carbocycles. The number of carbonyl (C=O) groups is 3. The second-order valence-corrected chi connectivity index (χ2v) is 9.41. The third-order valence-corrected chi connectivity index (χ3v) is 6.95. The molecule has 2 heterocycles. The normalized spacial score (nSPS) is 23.9. The van der Waals surface area contributed by atoms with Crippen molar-refractivity contribution in [3.8, 4) is 5.75 Å². The van der Waals surface area contributed by atoms with E-state index in [-0.39, 0.29) is 57.3 Å². The van der Waals surface area contributed by atoms with Crippen molar-refractivity contribution in [1.29, 1.82) is 0 Å². The zero-order valence-electron chi connectivity index (χ0n) is 16.3. The first-order valence-electron chi connectivity index (χ1n) is 9.44. The van der Waals surface area contributed by atoms with Crippen LogP contribution >= 0.6 is 11.8 Å². The van der Waals surface area contributed by atoms with Crippen molar-refractivity contribution in [3.05, 3.63) is 42.0 Å². The van der Waals surface area contributed by atoms with Gasteiger partial charge in [-0.05, 0) is 37.6 Å². The van der Waals surface area contributed by atoms with Gasteiger partial charge in [0.15, 0.2) is 0 Å². The SMILES string of the molecule is CCOc1ccc2ccccc2c1C(=O)N[C@@H]1C(=O)N2[C@@H]1SC(C)(C)[C@@H]2C(=O)O.[KH]. The molecular weight excluding hydrogens is 431 g/mol. The summed E-state index contributed by atoms with van der Waals surface area (Å²) in [6, 6.07) is 9.46. The van der Waals surface area contributed by atoms with E-state index < -0.39 is 34.1 Å². The molecule has 7 nitrogen and oxygen atoms in total. The molecule has 0 aromatic heterocycles. The average Bonchev–Trinajstić information content (AvgIpc) is 2.94. The first-order valence-corrected chi connectivity index (χ1v) is 10.3. The molecule has 0 aliphatic carbocycles. The van der Waals surface area contributed by atoms with Crippen LogP contribution in [0.4, 0.5) is 0 Å². The van der Waals surface area contributed by atoms with E-state index >= 15 is 0 Å². The van der Waals surface area contributed by atoms with Gasteiger partial charge in [0, 0.05) is 4.75 Å². The standard InChI is InChI=1S/C21H22N2O5S.K.H/c1-4-28-13-10-9-11-7-5-6-8-12(11)14(13)17(24)22-15-18(25)23-16(20(26)27)21(2,3)29-19(15)23;;/h5-10,15-16,19H,4H2,1-3H3,(H,22,24)(H,26,27);;/t15-,16+,19-;;/m1../s1. The number of aliphatic carboxylic acids is 1. The van der Waals surface area contributed by atoms with E-state index in [9.17, 15) is 19.5 Å². The number of rotatable bonds is 5. The summed E-state index contributed by atoms with van der Waals surface area (Å²) in [4.78, 5) is 38.9. The van der Waals surface area contributed by atoms with Crippen LogP contribution in [0.3, 0.4) is 0 Å². The Morgan fingerprint density at radius 3 is 2.60 bits per heavy atom. The molecule has 2 aromatic rings. The van der Waals surface area contributed by atoms with Crippen molar-refractivity contribution in [2.75, 3.05) is 6.61 Å². The number of thioether (sulfide) groups is 1. The molecule has 9 heteroatoms. The number of β-lactam (4-membered cyclic amide) rings is 1. The zero-order valence-corrected chi connectivity index (χ0v) is 17.2. The Balaban J connectivity index is 0.00000256. The first kappa shape index (κ1) is 23.6. The Hall–Kier alpha value is -1.10. The monoisotopic (exact) mass is 454 g/mol. The van der Waals surface area contributed by atoms with Crippen LogP contribution in [0.1, 0.15) is 31.1 Å². The van der Waals surface area contributed by atoms with Gasteiger partial charge < -0.3 is 20.1 Å². The third-order valence-electron chi connectivity index (χ3n) is 5.38. The molecule has 154 valence electrons. The molecule has 0 bridgehead atoms. The van der Waals surface area contributed by atoms with E-state index in [2.05, 4.69) is 5.32 Å². The molecule has 2 aliphatic rings. The Morgan fingerprint density at radius 1 is 1.23 bits per heavy atom. The molecule has 2 amide bonds. The number of nitrogens with zero attached hydrogens (tertiary/aromatic N) is 1. The summed E-state index contributed by atoms with van der Waals surface area (Å²) in [5.41, 5.74) is 0.383. The van der Waals surface area contributed by atoms with Crippen molar-refractivity contribution in [2.45, 2.75) is 43.0 Å². The maximum atomic E-state index is 13.2. The Kier molecular flexibility index (Phi) is 6.91. The summed E-state index contributed by atoms with van der Waals surface area (Å²) >= 11 is 1.40. The molecule has 0 radical (unpaired) electrons. The van der Waals surface area contributed by atoms with Crippen LogP contribution in [0, 0.1) is 0 Å². The fourth-order valence-electron chi connectivity index (χ4n) is 4.12. The molecular formula is C21H23KN2O5S. The summed E-state index contributed by atoms with van der Waals surface area (Å²) in [5, 5.41) is 13.6. The predicted molar refractivity (Wildman–Crippen MR) is 117 cm³/mol. The van der Waals surface area contributed by atoms with Gasteiger partial charge in [-0.1, -0.05) is 30.3 Å². The predicted octanol–water partition coefficient (Wildman–Crippen LogP) is 1.84. The number of hydrogen-bond acceptors (Lipinski definition) is 5. The number of carbonyl (C=O) groups excluding carboxylic acids is 2. The first-order chi connectivity index (χ1) is 13.8. The Labute approximate surface area is 221 Å². The summed E-state index contributed by atoms with van der Waals surface area (Å²) in [6.45, 7) is 5.85. The number of amides is 2. The van der Waals surface area contributed by atoms with E-state index in [4.69, 9.17) is 4.74 Å². The second kappa shape index (κ2) is 8.80. The quantitative estimate of drug-likeness (QED) is 0.529. The molecule has 0 spiro atoms. The van der Waals surface area contributed by atoms with Gasteiger partial charge >= 0.3 is 57.4 Å². The second-order valence-electron chi connectivity index (χ2n) is 7.64. The van der Waals surface area contributed by atoms with Crippen molar-refractivity contribution in [1.82, 2.24) is 10.2 Å². The van der Waals surface area contributed by atoms with Gasteiger partial charge in [0.1, 0.15) is 23.2 Å². The molecule has 2 aliphatic heterocycles. The van der Waals surface area contributed by atoms with Crippen molar-refractivity contribution >= 4 is 91.7 Å². The number of benzene rings is 2. The molecule has 30 heavy (non-hydrogen) atoms. The average molecular weight is 455 g/mol. The number of carboxylic acids is 1. The van der Waals surface area contributed by atoms with E-state index in [0.717, 1.165) is 10.8 Å². The zero-order chi connectivity index (χ0) is 20.9. The molecule has 2 N–H and O–H groups in total. The number of ether oxygens (including phenoxy) is 1. The van der Waals surface area contributed by atoms with Crippen LogP contribution in [-0.4, -0.2) is 108 Å². The van der Waals surface area contributed by atoms with Gasteiger partial charge in [-0.25, -0.2) is 4.79 Å². The van der Waals surface area contributed by atoms with E-state index in [1.165, 1.54) is 16.7 Å². The van der Waals surface area contributed by atoms with Gasteiger partial charge in [-0.15, -0.1) is 11.8 Å². The van der Waals surface area contributed by atoms with Crippen molar-refractivity contribution in [2.24, 2.45) is 0 Å². The summed E-state index contributed by atoms with van der Waals surface area (Å²) in [5.74, 6) is -1.35. The minimum absolute atomic E-state index is 0. The van der Waals surface area contributed by atoms with E-state index in [0.29, 0.717) is 17.9 Å². The van der Waals surface area contributed by atoms with Crippen LogP contribution in [0.15, 0.2) is 36.4 Å². The third kappa shape index (κ3) is 3.80. The summed E-state index contributed by atoms with van der Waals surface area (Å²) in [7, 11) is 0. The van der Waals surface area contributed by atoms with Crippen molar-refractivity contribution in [3.63, 3.8) is 0 Å². The Morgan fingerprint density at radius 2 is 1.93 bits per heavy atom. The van der Waals surface area contributed by atoms with Crippen LogP contribution in [0.2, 0.25) is 0 Å². The van der Waals surface area contributed by atoms with Crippen LogP contribution < -0.4 is 10.1 Å². The summed E-state index contributed by atoms with van der Waals surface area (Å²) < 4.78 is 5.02. The van der Waals surface area contributed by atoms with Crippen LogP contribution in [0.25, 0.3) is 10.8 Å². The number of carboxylic acid groups (broad SMARTS) is 1. The minimum atomic E-state index is -1.03. The van der Waals surface area contributed by atoms with Crippen molar-refractivity contribution < 1.29 is 24.2 Å². The number of nitrogens with one attached hydrogen (secondary N) is 1. The molecule has 3 atom stereocenters. The summed E-state index contributed by atoms with van der Waals surface area (Å²) in [6.07, 6.45) is 0. The number of fused-ring (bicyclic) bond motifs is 2. The van der Waals surface area contributed by atoms with Gasteiger partial charge in [0.2, 0.25) is 5.91 Å². The van der Waals surface area contributed by atoms with E-state index in [1.807, 2.05) is 37.3 Å². The maximum absolute atomic E-state index is 13.2. The molecule has 4 rings (SSSR count). The van der Waals surface area contributed by atoms with E-state index in [1.54, 1.807) is 19.9 Å². The topological polar surface area (TPSA) is 95.9 Å². The van der Waals surface area contributed by atoms with Gasteiger partial charge in [0.05, 0.1) is 12.2 Å². The molecule has 0 unspecified atom stereocenters. The fraction of sp³-hybridized carbons (Fsp3) is 0.381. The van der Waals surface area contributed by atoms with Gasteiger partial charge in [-0.2, -0.15) is 0 Å². The molecule has 2 fully saturated rings. The van der Waals surface area contributed by atoms with Gasteiger partial charge in [0.25, 0.3) is 5.91 Å². The molecule has 2 aromatic carbocycles. The number of hydrogen-bond donors (Lipinski definition) is 2. The van der Waals surface area contributed by atoms with Gasteiger partial charge in [-0.3, -0.25) is 9.59 Å². The fourth-order valence-corrected chi connectivity index (χ4v) is 5.75. The Bertz CT molecular complexity index is 1030. The molecule has 2 saturated heterocycles. The van der Waals surface area contributed by atoms with Crippen LogP contribution in [0.5, 0.6) is 5.75 Å². The van der Waals surface area contributed by atoms with Crippen LogP contribution in [-0.2, 0) is 9.59 Å².